The number of fused-ring (bicyclic) bond motifs is 16. The SMILES string of the molecule is CC(C)(C)c1ccc(N2c3ccccc3N(c3ccccc3)c3ccccc32)cc1.CC(C)(C)c1ccc(N2c3ccccc3Oc3ccccc32)cc1.CC(C)(C)c1ccc2oc3ccccc3c2c1.CC(C)(C)c1ccc2sc3ccccc3c2c1.CC(C)(C)c1cccc2c1oc1ccccc12.CC(C)(C)c1cccc2c1sc1ccccc12. The second kappa shape index (κ2) is 33.5. The van der Waals surface area contributed by atoms with E-state index in [1.165, 1.54) is 129 Å². The Hall–Kier alpha value is -12.5. The van der Waals surface area contributed by atoms with E-state index in [1.54, 1.807) is 0 Å². The minimum atomic E-state index is 0.105. The Bertz CT molecular complexity index is 6570. The monoisotopic (exact) mass is 1630 g/mol. The van der Waals surface area contributed by atoms with Gasteiger partial charge in [0.2, 0.25) is 0 Å². The molecule has 15 aromatic carbocycles. The predicted octanol–water partition coefficient (Wildman–Crippen LogP) is 35.3. The molecule has 0 saturated heterocycles. The topological polar surface area (TPSA) is 45.2 Å². The standard InChI is InChI=1S/C28H26N2.C22H21NO.2C16H16O.2C16H16S/c1-28(2,3)21-17-19-23(20-18-21)30-26-15-9-7-13-24(26)29(22-11-5-4-6-12-22)25-14-8-10-16-27(25)30;1-22(2,3)16-12-14-17(15-13-16)23-18-8-4-6-10-20(18)24-21-11-7-5-9-19(21)23;1-16(2,3)13-9-6-8-12-11-7-4-5-10-14(11)17-15(12)13;1-16(2,3)11-8-9-15-13(10-11)12-6-4-5-7-14(12)17-15;1-16(2,3)13-9-6-8-12-11-7-4-5-10-14(11)17-15(12)13;1-16(2,3)11-8-9-15-13(10-11)12-6-4-5-7-14(12)17-15/h4-20H,1-3H3;4-15H,1-3H3;4*4-10H,1-3H3. The van der Waals surface area contributed by atoms with Crippen molar-refractivity contribution in [1.82, 2.24) is 0 Å². The molecule has 2 aliphatic rings. The molecule has 8 heteroatoms. The smallest absolute Gasteiger partial charge is 0.151 e. The van der Waals surface area contributed by atoms with Crippen LogP contribution in [0.4, 0.5) is 51.2 Å². The Morgan fingerprint density at radius 2 is 0.549 bits per heavy atom. The largest absolute Gasteiger partial charge is 0.456 e. The van der Waals surface area contributed by atoms with Crippen molar-refractivity contribution < 1.29 is 13.6 Å². The molecule has 6 nitrogen and oxygen atoms in total. The van der Waals surface area contributed by atoms with Crippen LogP contribution in [0.3, 0.4) is 0 Å². The highest BCUT2D eigenvalue weighted by atomic mass is 32.1. The van der Waals surface area contributed by atoms with Gasteiger partial charge in [0.05, 0.1) is 34.1 Å². The minimum absolute atomic E-state index is 0.105. The van der Waals surface area contributed by atoms with Crippen LogP contribution < -0.4 is 19.4 Å². The van der Waals surface area contributed by atoms with Gasteiger partial charge in [-0.15, -0.1) is 22.7 Å². The molecule has 0 aliphatic carbocycles. The molecule has 6 heterocycles. The molecule has 0 fully saturated rings. The maximum Gasteiger partial charge on any atom is 0.151 e. The van der Waals surface area contributed by atoms with Crippen LogP contribution in [-0.4, -0.2) is 0 Å². The van der Waals surface area contributed by atoms with Crippen molar-refractivity contribution in [3.05, 3.63) is 379 Å². The van der Waals surface area contributed by atoms with Crippen molar-refractivity contribution in [2.75, 3.05) is 14.7 Å². The van der Waals surface area contributed by atoms with Gasteiger partial charge in [0.15, 0.2) is 11.5 Å². The number of ether oxygens (including phenoxy) is 1. The summed E-state index contributed by atoms with van der Waals surface area (Å²) in [7, 11) is 0. The summed E-state index contributed by atoms with van der Waals surface area (Å²) in [5.74, 6) is 1.77. The highest BCUT2D eigenvalue weighted by Crippen LogP contribution is 2.55. The Labute approximate surface area is 728 Å². The molecule has 21 rings (SSSR count). The molecule has 0 amide bonds. The number of rotatable bonds is 3. The third kappa shape index (κ3) is 17.3. The van der Waals surface area contributed by atoms with Crippen LogP contribution in [0.2, 0.25) is 0 Å². The van der Waals surface area contributed by atoms with Gasteiger partial charge in [-0.3, -0.25) is 0 Å². The fourth-order valence-corrected chi connectivity index (χ4v) is 18.9. The number of hydrogen-bond donors (Lipinski definition) is 0. The summed E-state index contributed by atoms with van der Waals surface area (Å²) in [5, 5.41) is 10.4. The van der Waals surface area contributed by atoms with Gasteiger partial charge in [-0.05, 0) is 194 Å². The van der Waals surface area contributed by atoms with Gasteiger partial charge >= 0.3 is 0 Å². The zero-order chi connectivity index (χ0) is 85.6. The molecule has 2 aliphatic heterocycles. The van der Waals surface area contributed by atoms with Gasteiger partial charge in [-0.1, -0.05) is 337 Å². The summed E-state index contributed by atoms with van der Waals surface area (Å²) in [6, 6.07) is 122. The fraction of sp³-hybridized carbons (Fsp3) is 0.211. The van der Waals surface area contributed by atoms with Gasteiger partial charge in [0.25, 0.3) is 0 Å². The summed E-state index contributed by atoms with van der Waals surface area (Å²) >= 11 is 3.80. The number of furan rings is 2. The summed E-state index contributed by atoms with van der Waals surface area (Å²) in [5.41, 5.74) is 23.5. The highest BCUT2D eigenvalue weighted by Gasteiger charge is 2.32. The molecule has 0 spiro atoms. The predicted molar refractivity (Wildman–Crippen MR) is 529 cm³/mol. The van der Waals surface area contributed by atoms with Crippen LogP contribution in [0, 0.1) is 0 Å². The number of nitrogens with zero attached hydrogens (tertiary/aromatic N) is 3. The van der Waals surface area contributed by atoms with Crippen LogP contribution in [0.25, 0.3) is 84.2 Å². The normalized spacial score (nSPS) is 12.7. The number of para-hydroxylation sites is 12. The van der Waals surface area contributed by atoms with Gasteiger partial charge in [-0.2, -0.15) is 0 Å². The second-order valence-corrected chi connectivity index (χ2v) is 40.3. The lowest BCUT2D eigenvalue weighted by molar-refractivity contribution is 0.477. The third-order valence-corrected chi connectivity index (χ3v) is 25.4. The molecule has 612 valence electrons. The van der Waals surface area contributed by atoms with E-state index in [2.05, 4.69) is 424 Å². The lowest BCUT2D eigenvalue weighted by Crippen LogP contribution is -2.24. The van der Waals surface area contributed by atoms with E-state index in [4.69, 9.17) is 13.6 Å². The quantitative estimate of drug-likeness (QED) is 0.176. The van der Waals surface area contributed by atoms with E-state index in [-0.39, 0.29) is 32.5 Å². The zero-order valence-electron chi connectivity index (χ0n) is 73.8. The Balaban J connectivity index is 0.000000110. The molecular weight excluding hydrogens is 1520 g/mol. The molecule has 0 N–H and O–H groups in total. The highest BCUT2D eigenvalue weighted by molar-refractivity contribution is 7.26. The Kier molecular flexibility index (Phi) is 22.9. The van der Waals surface area contributed by atoms with Gasteiger partial charge in [0, 0.05) is 84.5 Å². The van der Waals surface area contributed by atoms with E-state index >= 15 is 0 Å². The molecule has 19 aromatic rings. The molecule has 4 aromatic heterocycles. The molecule has 122 heavy (non-hydrogen) atoms. The first-order valence-electron chi connectivity index (χ1n) is 42.7. The maximum atomic E-state index is 6.07. The molecule has 0 saturated carbocycles. The summed E-state index contributed by atoms with van der Waals surface area (Å²) in [6.07, 6.45) is 0. The lowest BCUT2D eigenvalue weighted by atomic mass is 9.86. The molecular formula is C114H111N3O3S2. The van der Waals surface area contributed by atoms with Gasteiger partial charge in [0.1, 0.15) is 22.3 Å². The van der Waals surface area contributed by atoms with E-state index in [0.29, 0.717) is 0 Å². The zero-order valence-corrected chi connectivity index (χ0v) is 75.4. The average Bonchev–Trinajstić information content (AvgIpc) is 0.952. The second-order valence-electron chi connectivity index (χ2n) is 38.1. The van der Waals surface area contributed by atoms with Crippen LogP contribution in [0.1, 0.15) is 158 Å². The van der Waals surface area contributed by atoms with Crippen molar-refractivity contribution >= 4 is 158 Å². The van der Waals surface area contributed by atoms with Gasteiger partial charge < -0.3 is 28.3 Å². The van der Waals surface area contributed by atoms with E-state index in [1.807, 2.05) is 83.3 Å². The molecule has 0 atom stereocenters. The number of thiophene rings is 2. The first kappa shape index (κ1) is 83.2. The molecule has 0 bridgehead atoms. The number of benzene rings is 15. The van der Waals surface area contributed by atoms with Crippen LogP contribution in [-0.2, 0) is 32.5 Å². The summed E-state index contributed by atoms with van der Waals surface area (Å²) in [6.45, 7) is 40.5. The van der Waals surface area contributed by atoms with Crippen molar-refractivity contribution in [3.63, 3.8) is 0 Å². The molecule has 0 unspecified atom stereocenters. The van der Waals surface area contributed by atoms with Crippen molar-refractivity contribution in [2.24, 2.45) is 0 Å². The van der Waals surface area contributed by atoms with Crippen molar-refractivity contribution in [3.8, 4) is 11.5 Å². The van der Waals surface area contributed by atoms with Crippen LogP contribution in [0.5, 0.6) is 11.5 Å². The van der Waals surface area contributed by atoms with Crippen molar-refractivity contribution in [2.45, 2.75) is 157 Å². The van der Waals surface area contributed by atoms with Gasteiger partial charge in [-0.25, -0.2) is 0 Å². The Morgan fingerprint density at radius 1 is 0.213 bits per heavy atom. The summed E-state index contributed by atoms with van der Waals surface area (Å²) < 4.78 is 23.5. The molecule has 0 radical (unpaired) electrons. The van der Waals surface area contributed by atoms with E-state index < -0.39 is 0 Å². The first-order valence-corrected chi connectivity index (χ1v) is 44.3. The minimum Gasteiger partial charge on any atom is -0.456 e. The number of anilines is 9. The average molecular weight is 1640 g/mol. The van der Waals surface area contributed by atoms with Crippen molar-refractivity contribution in [1.29, 1.82) is 0 Å². The maximum absolute atomic E-state index is 6.07. The van der Waals surface area contributed by atoms with Crippen LogP contribution >= 0.6 is 22.7 Å². The Morgan fingerprint density at radius 3 is 1.04 bits per heavy atom. The first-order chi connectivity index (χ1) is 58.3. The fourth-order valence-electron chi connectivity index (χ4n) is 16.3. The van der Waals surface area contributed by atoms with Crippen LogP contribution in [0.15, 0.2) is 355 Å². The summed E-state index contributed by atoms with van der Waals surface area (Å²) in [4.78, 5) is 6.99. The van der Waals surface area contributed by atoms with E-state index in [9.17, 15) is 0 Å². The lowest BCUT2D eigenvalue weighted by Gasteiger charge is -2.40. The van der Waals surface area contributed by atoms with E-state index in [0.717, 1.165) is 50.9 Å². The third-order valence-electron chi connectivity index (χ3n) is 23.1. The number of hydrogen-bond acceptors (Lipinski definition) is 8.